The summed E-state index contributed by atoms with van der Waals surface area (Å²) in [6, 6.07) is 0.143. The lowest BCUT2D eigenvalue weighted by Crippen LogP contribution is -2.68. The first-order valence-electron chi connectivity index (χ1n) is 25.8. The summed E-state index contributed by atoms with van der Waals surface area (Å²) >= 11 is 0. The highest BCUT2D eigenvalue weighted by atomic mass is 33.1. The molecule has 8 aliphatic rings. The fraction of sp³-hybridized carbons (Fsp3) is 0.827. The molecule has 13 nitrogen and oxygen atoms in total. The predicted molar refractivity (Wildman–Crippen MR) is 265 cm³/mol. The minimum atomic E-state index is -1.63. The molecule has 15 heteroatoms. The normalized spacial score (nSPS) is 47.2. The molecule has 1 aliphatic heterocycles. The maximum atomic E-state index is 15.0. The highest BCUT2D eigenvalue weighted by Crippen LogP contribution is 2.72. The predicted octanol–water partition coefficient (Wildman–Crippen LogP) is 5.62. The number of guanidine groups is 1. The van der Waals surface area contributed by atoms with E-state index in [1.165, 1.54) is 44.1 Å². The molecule has 7 fully saturated rings. The summed E-state index contributed by atoms with van der Waals surface area (Å²) in [6.07, 6.45) is 16.3. The number of carbonyl (C=O) groups excluding carboxylic acids is 1. The van der Waals surface area contributed by atoms with Gasteiger partial charge in [-0.05, 0) is 154 Å². The molecule has 0 radical (unpaired) electrons. The molecule has 2 heterocycles. The molecule has 0 unspecified atom stereocenters. The van der Waals surface area contributed by atoms with Crippen LogP contribution in [0, 0.1) is 74.9 Å². The van der Waals surface area contributed by atoms with Crippen LogP contribution in [0.25, 0.3) is 0 Å². The Morgan fingerprint density at radius 3 is 2.52 bits per heavy atom. The van der Waals surface area contributed by atoms with E-state index in [4.69, 9.17) is 10.7 Å². The number of aliphatic hydroxyl groups is 6. The Kier molecular flexibility index (Phi) is 14.1. The number of nitrogens with one attached hydrogen (secondary N) is 2. The topological polar surface area (TPSA) is 219 Å². The number of aliphatic hydroxyl groups excluding tert-OH is 5. The quantitative estimate of drug-likeness (QED) is 0.0534. The number of hydrogen-bond acceptors (Lipinski definition) is 12. The smallest absolute Gasteiger partial charge is 0.190 e. The summed E-state index contributed by atoms with van der Waals surface area (Å²) in [6.45, 7) is 10.7. The van der Waals surface area contributed by atoms with E-state index >= 15 is 0 Å². The van der Waals surface area contributed by atoms with E-state index in [-0.39, 0.29) is 66.4 Å². The second kappa shape index (κ2) is 18.9. The molecule has 67 heavy (non-hydrogen) atoms. The van der Waals surface area contributed by atoms with Crippen molar-refractivity contribution in [3.63, 3.8) is 0 Å². The number of aliphatic imine (C=N–C) groups is 1. The van der Waals surface area contributed by atoms with Gasteiger partial charge in [-0.25, -0.2) is 4.98 Å². The standard InChI is InChI=1S/C52H82N6O7S2/c1-29-38-15-35(25-66-67-26-36(58-13-12-55-28-58)21-48(3,4)39(16-41(29)61)32-14-31-9-10-34-8-7-11-50(34,18-31)19-32)52(65)40-17-42(62)45-37(24-54-6)46(64)43(63)22-49(45,5)44(40)33(20-51(38,52)27-59)23-56-47(53)57-30(2)60/h12-13,17,28-31,33-38,41,43-46,54,59-61,63-65H,7-11,14-16,18-27H2,1-6H3,(H3,53,56,57)/b39-32+/t29-,30+,31-,33+,34+,35+,36-,37+,38+,41+,43-,44-,45-,46+,49+,50-,51-,52+/m0/s1. The van der Waals surface area contributed by atoms with Crippen LogP contribution in [0.5, 0.6) is 0 Å². The van der Waals surface area contributed by atoms with Crippen molar-refractivity contribution in [2.75, 3.05) is 38.2 Å². The number of imidazole rings is 1. The number of carbonyl (C=O) groups is 1. The molecular formula is C52H82N6O7S2. The minimum absolute atomic E-state index is 0.0660. The van der Waals surface area contributed by atoms with E-state index in [2.05, 4.69) is 47.2 Å². The first-order chi connectivity index (χ1) is 31.8. The number of ketones is 1. The molecule has 7 aliphatic carbocycles. The summed E-state index contributed by atoms with van der Waals surface area (Å²) in [5, 5.41) is 78.8. The summed E-state index contributed by atoms with van der Waals surface area (Å²) in [7, 11) is 5.35. The van der Waals surface area contributed by atoms with Gasteiger partial charge >= 0.3 is 0 Å². The van der Waals surface area contributed by atoms with Gasteiger partial charge in [0.25, 0.3) is 0 Å². The molecule has 1 spiro atoms. The Morgan fingerprint density at radius 2 is 1.81 bits per heavy atom. The van der Waals surface area contributed by atoms with Gasteiger partial charge in [0.05, 0.1) is 36.8 Å². The van der Waals surface area contributed by atoms with Crippen molar-refractivity contribution < 1.29 is 35.4 Å². The van der Waals surface area contributed by atoms with Gasteiger partial charge in [-0.1, -0.05) is 66.8 Å². The van der Waals surface area contributed by atoms with Crippen molar-refractivity contribution in [3.05, 3.63) is 41.5 Å². The van der Waals surface area contributed by atoms with Crippen molar-refractivity contribution in [1.29, 1.82) is 0 Å². The van der Waals surface area contributed by atoms with E-state index in [0.29, 0.717) is 48.5 Å². The van der Waals surface area contributed by atoms with Crippen molar-refractivity contribution >= 4 is 33.3 Å². The van der Waals surface area contributed by atoms with Crippen LogP contribution in [0.1, 0.15) is 124 Å². The van der Waals surface area contributed by atoms with E-state index in [1.54, 1.807) is 36.4 Å². The largest absolute Gasteiger partial charge is 0.396 e. The minimum Gasteiger partial charge on any atom is -0.396 e. The van der Waals surface area contributed by atoms with E-state index in [9.17, 15) is 35.4 Å². The number of nitrogens with zero attached hydrogens (tertiary/aromatic N) is 3. The van der Waals surface area contributed by atoms with Crippen LogP contribution in [0.4, 0.5) is 0 Å². The third-order valence-electron chi connectivity index (χ3n) is 20.0. The first kappa shape index (κ1) is 50.0. The summed E-state index contributed by atoms with van der Waals surface area (Å²) in [5.41, 5.74) is 6.41. The molecule has 1 aromatic heterocycles. The fourth-order valence-electron chi connectivity index (χ4n) is 17.4. The van der Waals surface area contributed by atoms with Crippen LogP contribution in [-0.2, 0) is 4.79 Å². The highest BCUT2D eigenvalue weighted by molar-refractivity contribution is 8.76. The monoisotopic (exact) mass is 967 g/mol. The van der Waals surface area contributed by atoms with E-state index in [0.717, 1.165) is 30.9 Å². The Balaban J connectivity index is 1.17. The van der Waals surface area contributed by atoms with Crippen molar-refractivity contribution in [1.82, 2.24) is 20.2 Å². The molecule has 1 aromatic rings. The van der Waals surface area contributed by atoms with Gasteiger partial charge in [0.1, 0.15) is 6.23 Å². The van der Waals surface area contributed by atoms with Gasteiger partial charge in [-0.15, -0.1) is 0 Å². The Morgan fingerprint density at radius 1 is 1.03 bits per heavy atom. The molecule has 18 atom stereocenters. The lowest BCUT2D eigenvalue weighted by molar-refractivity contribution is -0.192. The third-order valence-corrected chi connectivity index (χ3v) is 22.5. The highest BCUT2D eigenvalue weighted by Gasteiger charge is 2.74. The van der Waals surface area contributed by atoms with Crippen molar-refractivity contribution in [2.24, 2.45) is 85.6 Å². The summed E-state index contributed by atoms with van der Waals surface area (Å²) < 4.78 is 2.25. The SMILES string of the molecule is CNC[C@H]1[C@@H](O)[C@@H](O)C[C@]2(C)[C@@H]3C(=CC(=O)[C@H]12)[C@]1(O)[C@H]2CSSC[C@@H](n4ccnc4)CC(C)(C)/C(=C4\C[C@@H]5CC[C@H]6CCC[C@@]6(C4)C5)C[C@@H](O)[C@@H](C)[C@@H](C2)[C@@]1(CO)C[C@@H]3CN=C(N)N[C@@H](C)O. The molecule has 4 bridgehead atoms. The Bertz CT molecular complexity index is 2070. The van der Waals surface area contributed by atoms with Gasteiger partial charge < -0.3 is 51.6 Å². The summed E-state index contributed by atoms with van der Waals surface area (Å²) in [4.78, 5) is 24.3. The zero-order chi connectivity index (χ0) is 47.8. The zero-order valence-corrected chi connectivity index (χ0v) is 42.6. The van der Waals surface area contributed by atoms with Gasteiger partial charge in [0, 0.05) is 66.2 Å². The lowest BCUT2D eigenvalue weighted by atomic mass is 9.41. The maximum Gasteiger partial charge on any atom is 0.190 e. The molecular weight excluding hydrogens is 885 g/mol. The van der Waals surface area contributed by atoms with Crippen LogP contribution in [0.2, 0.25) is 0 Å². The number of nitrogens with two attached hydrogens (primary N) is 1. The molecule has 1 saturated heterocycles. The molecule has 6 saturated carbocycles. The van der Waals surface area contributed by atoms with Crippen LogP contribution in [0.3, 0.4) is 0 Å². The molecule has 0 amide bonds. The lowest BCUT2D eigenvalue weighted by Gasteiger charge is -2.64. The fourth-order valence-corrected chi connectivity index (χ4v) is 20.1. The van der Waals surface area contributed by atoms with Gasteiger partial charge in [-0.3, -0.25) is 9.79 Å². The number of hydrogen-bond donors (Lipinski definition) is 9. The van der Waals surface area contributed by atoms with Gasteiger partial charge in [-0.2, -0.15) is 0 Å². The van der Waals surface area contributed by atoms with Crippen molar-refractivity contribution in [3.8, 4) is 0 Å². The number of aromatic nitrogens is 2. The molecule has 374 valence electrons. The van der Waals surface area contributed by atoms with Crippen LogP contribution < -0.4 is 16.4 Å². The molecule has 10 N–H and O–H groups in total. The third kappa shape index (κ3) is 8.43. The maximum absolute atomic E-state index is 15.0. The van der Waals surface area contributed by atoms with Gasteiger partial charge in [0.15, 0.2) is 11.7 Å². The second-order valence-corrected chi connectivity index (χ2v) is 26.6. The zero-order valence-electron chi connectivity index (χ0n) is 40.9. The van der Waals surface area contributed by atoms with Crippen LogP contribution >= 0.6 is 21.6 Å². The van der Waals surface area contributed by atoms with E-state index in [1.807, 2.05) is 30.2 Å². The molecule has 0 aromatic carbocycles. The Hall–Kier alpha value is -1.95. The van der Waals surface area contributed by atoms with Crippen molar-refractivity contribution in [2.45, 2.75) is 154 Å². The summed E-state index contributed by atoms with van der Waals surface area (Å²) in [5.74, 6) is -0.287. The average Bonchev–Trinajstić information content (AvgIpc) is 4.01. The second-order valence-electron chi connectivity index (χ2n) is 24.1. The van der Waals surface area contributed by atoms with Crippen LogP contribution in [0.15, 0.2) is 46.5 Å². The number of rotatable bonds is 7. The van der Waals surface area contributed by atoms with Gasteiger partial charge in [0.2, 0.25) is 0 Å². The number of allylic oxidation sites excluding steroid dienone is 2. The average molecular weight is 967 g/mol. The number of fused-ring (bicyclic) bond motifs is 10. The van der Waals surface area contributed by atoms with Crippen LogP contribution in [-0.4, -0.2) is 120 Å². The van der Waals surface area contributed by atoms with E-state index < -0.39 is 58.7 Å². The Labute approximate surface area is 406 Å². The first-order valence-corrected chi connectivity index (χ1v) is 28.3. The molecule has 9 rings (SSSR count).